The molecule has 0 aliphatic heterocycles. The van der Waals surface area contributed by atoms with Gasteiger partial charge in [-0.2, -0.15) is 0 Å². The van der Waals surface area contributed by atoms with Gasteiger partial charge in [0, 0.05) is 30.1 Å². The molecule has 1 aromatic rings. The van der Waals surface area contributed by atoms with Gasteiger partial charge in [0.05, 0.1) is 5.01 Å². The van der Waals surface area contributed by atoms with E-state index in [4.69, 9.17) is 12.2 Å². The molecule has 0 saturated carbocycles. The highest BCUT2D eigenvalue weighted by atomic mass is 32.1. The molecule has 1 unspecified atom stereocenters. The van der Waals surface area contributed by atoms with E-state index >= 15 is 0 Å². The Kier molecular flexibility index (Phi) is 4.98. The van der Waals surface area contributed by atoms with Crippen LogP contribution >= 0.6 is 23.6 Å². The van der Waals surface area contributed by atoms with Gasteiger partial charge in [0.25, 0.3) is 0 Å². The summed E-state index contributed by atoms with van der Waals surface area (Å²) < 4.78 is 0. The maximum absolute atomic E-state index is 5.14. The molecular formula is C10H17N3S2. The third-order valence-corrected chi connectivity index (χ3v) is 3.13. The van der Waals surface area contributed by atoms with Crippen LogP contribution in [0.4, 0.5) is 0 Å². The Labute approximate surface area is 100 Å². The Hall–Kier alpha value is -0.680. The van der Waals surface area contributed by atoms with Crippen molar-refractivity contribution in [1.82, 2.24) is 15.6 Å². The summed E-state index contributed by atoms with van der Waals surface area (Å²) in [4.78, 5) is 4.27. The number of rotatable bonds is 4. The minimum Gasteiger partial charge on any atom is -0.362 e. The average molecular weight is 243 g/mol. The maximum Gasteiger partial charge on any atom is 0.166 e. The number of hydrogen-bond donors (Lipinski definition) is 2. The zero-order valence-electron chi connectivity index (χ0n) is 9.28. The molecule has 1 aromatic heterocycles. The van der Waals surface area contributed by atoms with Gasteiger partial charge in [-0.05, 0) is 26.1 Å². The zero-order chi connectivity index (χ0) is 11.3. The number of nitrogens with one attached hydrogen (secondary N) is 2. The van der Waals surface area contributed by atoms with Crippen LogP contribution in [0.3, 0.4) is 0 Å². The summed E-state index contributed by atoms with van der Waals surface area (Å²) in [6, 6.07) is 0.375. The molecule has 0 saturated heterocycles. The highest BCUT2D eigenvalue weighted by Gasteiger charge is 2.08. The topological polar surface area (TPSA) is 37.0 Å². The van der Waals surface area contributed by atoms with E-state index < -0.39 is 0 Å². The normalized spacial score (nSPS) is 12.5. The molecule has 84 valence electrons. The Morgan fingerprint density at radius 1 is 1.53 bits per heavy atom. The van der Waals surface area contributed by atoms with Crippen molar-refractivity contribution in [3.63, 3.8) is 0 Å². The van der Waals surface area contributed by atoms with Gasteiger partial charge >= 0.3 is 0 Å². The molecule has 5 heteroatoms. The predicted molar refractivity (Wildman–Crippen MR) is 69.4 cm³/mol. The second-order valence-corrected chi connectivity index (χ2v) is 5.11. The van der Waals surface area contributed by atoms with Crippen LogP contribution in [0, 0.1) is 0 Å². The van der Waals surface area contributed by atoms with Gasteiger partial charge in [0.1, 0.15) is 0 Å². The van der Waals surface area contributed by atoms with Crippen LogP contribution in [0.25, 0.3) is 0 Å². The molecule has 0 aliphatic carbocycles. The van der Waals surface area contributed by atoms with Crippen LogP contribution in [0.2, 0.25) is 0 Å². The fourth-order valence-corrected chi connectivity index (χ4v) is 2.14. The van der Waals surface area contributed by atoms with Crippen molar-refractivity contribution >= 4 is 28.7 Å². The van der Waals surface area contributed by atoms with E-state index in [1.54, 1.807) is 11.3 Å². The summed E-state index contributed by atoms with van der Waals surface area (Å²) in [5.74, 6) is 0.400. The molecule has 3 nitrogen and oxygen atoms in total. The predicted octanol–water partition coefficient (Wildman–Crippen LogP) is 2.12. The van der Waals surface area contributed by atoms with Gasteiger partial charge in [-0.15, -0.1) is 11.3 Å². The smallest absolute Gasteiger partial charge is 0.166 e. The lowest BCUT2D eigenvalue weighted by molar-refractivity contribution is 0.675. The maximum atomic E-state index is 5.14. The molecule has 15 heavy (non-hydrogen) atoms. The average Bonchev–Trinajstić information content (AvgIpc) is 2.65. The molecule has 1 atom stereocenters. The lowest BCUT2D eigenvalue weighted by Crippen LogP contribution is -2.40. The summed E-state index contributed by atoms with van der Waals surface area (Å²) >= 11 is 6.82. The first-order valence-electron chi connectivity index (χ1n) is 5.03. The van der Waals surface area contributed by atoms with E-state index in [9.17, 15) is 0 Å². The van der Waals surface area contributed by atoms with E-state index in [-0.39, 0.29) is 0 Å². The second kappa shape index (κ2) is 6.02. The van der Waals surface area contributed by atoms with E-state index in [1.165, 1.54) is 0 Å². The third kappa shape index (κ3) is 4.57. The van der Waals surface area contributed by atoms with Gasteiger partial charge in [0.2, 0.25) is 0 Å². The molecule has 1 heterocycles. The van der Waals surface area contributed by atoms with E-state index in [2.05, 4.69) is 36.4 Å². The summed E-state index contributed by atoms with van der Waals surface area (Å²) in [6.45, 7) is 7.10. The molecular weight excluding hydrogens is 226 g/mol. The van der Waals surface area contributed by atoms with E-state index in [0.29, 0.717) is 17.1 Å². The zero-order valence-corrected chi connectivity index (χ0v) is 10.9. The first-order valence-corrected chi connectivity index (χ1v) is 6.32. The Morgan fingerprint density at radius 2 is 2.27 bits per heavy atom. The van der Waals surface area contributed by atoms with Crippen molar-refractivity contribution in [2.24, 2.45) is 0 Å². The van der Waals surface area contributed by atoms with Gasteiger partial charge < -0.3 is 10.6 Å². The van der Waals surface area contributed by atoms with Crippen LogP contribution in [-0.2, 0) is 0 Å². The minimum absolute atomic E-state index is 0.375. The number of thiocarbonyl (C=S) groups is 1. The van der Waals surface area contributed by atoms with Crippen LogP contribution in [0.5, 0.6) is 0 Å². The van der Waals surface area contributed by atoms with Crippen LogP contribution < -0.4 is 10.6 Å². The highest BCUT2D eigenvalue weighted by Crippen LogP contribution is 2.16. The van der Waals surface area contributed by atoms with Crippen molar-refractivity contribution in [1.29, 1.82) is 0 Å². The third-order valence-electron chi connectivity index (χ3n) is 1.86. The molecule has 0 bridgehead atoms. The van der Waals surface area contributed by atoms with E-state index in [0.717, 1.165) is 11.6 Å². The van der Waals surface area contributed by atoms with Gasteiger partial charge in [-0.1, -0.05) is 6.92 Å². The summed E-state index contributed by atoms with van der Waals surface area (Å²) in [7, 11) is 0. The van der Waals surface area contributed by atoms with Crippen LogP contribution in [-0.4, -0.2) is 22.7 Å². The lowest BCUT2D eigenvalue weighted by atomic mass is 10.2. The van der Waals surface area contributed by atoms with Gasteiger partial charge in [0.15, 0.2) is 5.11 Å². The molecule has 0 aromatic carbocycles. The fraction of sp³-hybridized carbons (Fsp3) is 0.600. The van der Waals surface area contributed by atoms with Crippen molar-refractivity contribution in [2.75, 3.05) is 6.54 Å². The number of nitrogens with zero attached hydrogens (tertiary/aromatic N) is 1. The minimum atomic E-state index is 0.375. The first kappa shape index (κ1) is 12.4. The van der Waals surface area contributed by atoms with Crippen LogP contribution in [0.1, 0.15) is 31.7 Å². The van der Waals surface area contributed by atoms with Crippen LogP contribution in [0.15, 0.2) is 11.6 Å². The SMILES string of the molecule is CC(C)NC(=S)NCC(C)c1nccs1. The van der Waals surface area contributed by atoms with Crippen molar-refractivity contribution in [3.8, 4) is 0 Å². The van der Waals surface area contributed by atoms with Gasteiger partial charge in [-0.25, -0.2) is 4.98 Å². The largest absolute Gasteiger partial charge is 0.362 e. The molecule has 0 amide bonds. The monoisotopic (exact) mass is 243 g/mol. The highest BCUT2D eigenvalue weighted by molar-refractivity contribution is 7.80. The van der Waals surface area contributed by atoms with Crippen molar-refractivity contribution in [3.05, 3.63) is 16.6 Å². The summed E-state index contributed by atoms with van der Waals surface area (Å²) in [5, 5.41) is 10.2. The molecule has 0 radical (unpaired) electrons. The summed E-state index contributed by atoms with van der Waals surface area (Å²) in [6.07, 6.45) is 1.83. The molecule has 2 N–H and O–H groups in total. The Morgan fingerprint density at radius 3 is 2.80 bits per heavy atom. The number of thiazole rings is 1. The van der Waals surface area contributed by atoms with E-state index in [1.807, 2.05) is 11.6 Å². The van der Waals surface area contributed by atoms with Gasteiger partial charge in [-0.3, -0.25) is 0 Å². The standard InChI is InChI=1S/C10H17N3S2/c1-7(2)13-10(14)12-6-8(3)9-11-4-5-15-9/h4-5,7-8H,6H2,1-3H3,(H2,12,13,14). The quantitative estimate of drug-likeness (QED) is 0.794. The number of aromatic nitrogens is 1. The molecule has 0 aliphatic rings. The van der Waals surface area contributed by atoms with Crippen molar-refractivity contribution < 1.29 is 0 Å². The summed E-state index contributed by atoms with van der Waals surface area (Å²) in [5.41, 5.74) is 0. The molecule has 0 spiro atoms. The van der Waals surface area contributed by atoms with Crippen molar-refractivity contribution in [2.45, 2.75) is 32.7 Å². The Bertz CT molecular complexity index is 296. The lowest BCUT2D eigenvalue weighted by Gasteiger charge is -2.15. The second-order valence-electron chi connectivity index (χ2n) is 3.78. The Balaban J connectivity index is 2.28. The first-order chi connectivity index (χ1) is 7.09. The molecule has 0 fully saturated rings. The molecule has 1 rings (SSSR count). The number of hydrogen-bond acceptors (Lipinski definition) is 3. The fourth-order valence-electron chi connectivity index (χ4n) is 1.12.